The lowest BCUT2D eigenvalue weighted by atomic mass is 9.86. The normalized spacial score (nSPS) is 28.0. The van der Waals surface area contributed by atoms with Crippen LogP contribution in [-0.4, -0.2) is 58.4 Å². The Morgan fingerprint density at radius 1 is 1.23 bits per heavy atom. The van der Waals surface area contributed by atoms with E-state index in [0.717, 1.165) is 44.3 Å². The number of hydrogen-bond acceptors (Lipinski definition) is 5. The average Bonchev–Trinajstić information content (AvgIpc) is 3.09. The second kappa shape index (κ2) is 9.42. The van der Waals surface area contributed by atoms with E-state index in [4.69, 9.17) is 11.5 Å². The molecule has 2 fully saturated rings. The highest BCUT2D eigenvalue weighted by Crippen LogP contribution is 2.30. The quantitative estimate of drug-likeness (QED) is 0.617. The molecule has 0 unspecified atom stereocenters. The Balaban J connectivity index is 1.89. The second-order valence-corrected chi connectivity index (χ2v) is 10.1. The number of nitrogens with two attached hydrogens (primary N) is 2. The maximum absolute atomic E-state index is 12.9. The van der Waals surface area contributed by atoms with Crippen molar-refractivity contribution in [2.45, 2.75) is 82.2 Å². The van der Waals surface area contributed by atoms with Crippen LogP contribution in [0.2, 0.25) is 0 Å². The molecule has 1 saturated carbocycles. The monoisotopic (exact) mass is 384 g/mol. The fourth-order valence-electron chi connectivity index (χ4n) is 4.00. The first-order valence-electron chi connectivity index (χ1n) is 9.99. The number of hydrogen-bond donors (Lipinski definition) is 3. The Labute approximate surface area is 162 Å². The number of amides is 2. The van der Waals surface area contributed by atoms with Crippen molar-refractivity contribution in [2.75, 3.05) is 18.8 Å². The van der Waals surface area contributed by atoms with Crippen LogP contribution in [0.1, 0.15) is 59.3 Å². The predicted molar refractivity (Wildman–Crippen MR) is 108 cm³/mol. The van der Waals surface area contributed by atoms with Crippen molar-refractivity contribution in [1.82, 2.24) is 10.2 Å². The van der Waals surface area contributed by atoms with Gasteiger partial charge in [0.2, 0.25) is 11.8 Å². The van der Waals surface area contributed by atoms with Crippen molar-refractivity contribution in [1.29, 1.82) is 0 Å². The summed E-state index contributed by atoms with van der Waals surface area (Å²) in [5.41, 5.74) is 12.2. The van der Waals surface area contributed by atoms with Crippen LogP contribution in [-0.2, 0) is 9.59 Å². The molecule has 1 heterocycles. The Morgan fingerprint density at radius 3 is 2.50 bits per heavy atom. The van der Waals surface area contributed by atoms with Gasteiger partial charge in [-0.2, -0.15) is 11.8 Å². The van der Waals surface area contributed by atoms with E-state index in [-0.39, 0.29) is 22.6 Å². The van der Waals surface area contributed by atoms with Crippen molar-refractivity contribution < 1.29 is 9.59 Å². The molecule has 2 amide bonds. The lowest BCUT2D eigenvalue weighted by Crippen LogP contribution is -2.57. The number of thioether (sulfide) groups is 1. The van der Waals surface area contributed by atoms with Crippen LogP contribution >= 0.6 is 11.8 Å². The standard InChI is InChI=1S/C19H36N4O2S/c1-4-26-19(2,3)16(21)18(25)23-11-5-6-15(23)17(24)22-12-13-7-9-14(20)10-8-13/h13-16H,4-12,20-21H2,1-3H3,(H,22,24)/t13-,14-,15-,16-/m0/s1. The summed E-state index contributed by atoms with van der Waals surface area (Å²) < 4.78 is -0.337. The second-order valence-electron chi connectivity index (χ2n) is 8.23. The molecule has 1 aliphatic carbocycles. The Kier molecular flexibility index (Phi) is 7.79. The van der Waals surface area contributed by atoms with Crippen molar-refractivity contribution in [3.05, 3.63) is 0 Å². The Bertz CT molecular complexity index is 492. The van der Waals surface area contributed by atoms with Crippen LogP contribution in [0, 0.1) is 5.92 Å². The van der Waals surface area contributed by atoms with Gasteiger partial charge >= 0.3 is 0 Å². The molecule has 2 rings (SSSR count). The zero-order valence-corrected chi connectivity index (χ0v) is 17.3. The molecule has 7 heteroatoms. The SMILES string of the molecule is CCSC(C)(C)[C@@H](N)C(=O)N1CCC[C@H]1C(=O)NC[C@H]1CC[C@H](N)CC1. The zero-order chi connectivity index (χ0) is 19.3. The Morgan fingerprint density at radius 2 is 1.88 bits per heavy atom. The topological polar surface area (TPSA) is 101 Å². The zero-order valence-electron chi connectivity index (χ0n) is 16.5. The van der Waals surface area contributed by atoms with Crippen LogP contribution in [0.4, 0.5) is 0 Å². The number of carbonyl (C=O) groups excluding carboxylic acids is 2. The molecule has 1 saturated heterocycles. The lowest BCUT2D eigenvalue weighted by molar-refractivity contribution is -0.139. The molecular formula is C19H36N4O2S. The van der Waals surface area contributed by atoms with Gasteiger partial charge in [0.25, 0.3) is 0 Å². The molecular weight excluding hydrogens is 348 g/mol. The first-order valence-corrected chi connectivity index (χ1v) is 11.0. The highest BCUT2D eigenvalue weighted by atomic mass is 32.2. The third-order valence-corrected chi connectivity index (χ3v) is 7.11. The van der Waals surface area contributed by atoms with Gasteiger partial charge in [-0.05, 0) is 64.0 Å². The minimum atomic E-state index is -0.597. The van der Waals surface area contributed by atoms with E-state index in [1.54, 1.807) is 16.7 Å². The molecule has 2 atom stereocenters. The van der Waals surface area contributed by atoms with E-state index in [1.807, 2.05) is 13.8 Å². The average molecular weight is 385 g/mol. The number of nitrogens with one attached hydrogen (secondary N) is 1. The van der Waals surface area contributed by atoms with Crippen LogP contribution in [0.15, 0.2) is 0 Å². The van der Waals surface area contributed by atoms with Crippen LogP contribution in [0.25, 0.3) is 0 Å². The van der Waals surface area contributed by atoms with E-state index in [9.17, 15) is 9.59 Å². The first-order chi connectivity index (χ1) is 12.3. The molecule has 0 aromatic rings. The third kappa shape index (κ3) is 5.36. The van der Waals surface area contributed by atoms with Gasteiger partial charge in [-0.1, -0.05) is 6.92 Å². The third-order valence-electron chi connectivity index (χ3n) is 5.83. The molecule has 26 heavy (non-hydrogen) atoms. The molecule has 0 aromatic carbocycles. The molecule has 2 aliphatic rings. The van der Waals surface area contributed by atoms with Crippen molar-refractivity contribution >= 4 is 23.6 Å². The fraction of sp³-hybridized carbons (Fsp3) is 0.895. The summed E-state index contributed by atoms with van der Waals surface area (Å²) in [5, 5.41) is 3.08. The molecule has 0 spiro atoms. The van der Waals surface area contributed by atoms with E-state index in [1.165, 1.54) is 0 Å². The highest BCUT2D eigenvalue weighted by molar-refractivity contribution is 8.00. The van der Waals surface area contributed by atoms with Crippen molar-refractivity contribution in [3.8, 4) is 0 Å². The van der Waals surface area contributed by atoms with Gasteiger partial charge in [0, 0.05) is 23.9 Å². The van der Waals surface area contributed by atoms with E-state index >= 15 is 0 Å². The number of carbonyl (C=O) groups is 2. The summed E-state index contributed by atoms with van der Waals surface area (Å²) >= 11 is 1.68. The molecule has 5 N–H and O–H groups in total. The summed E-state index contributed by atoms with van der Waals surface area (Å²) in [5.74, 6) is 1.28. The van der Waals surface area contributed by atoms with Gasteiger partial charge in [-0.25, -0.2) is 0 Å². The molecule has 150 valence electrons. The Hall–Kier alpha value is -0.790. The van der Waals surface area contributed by atoms with Gasteiger partial charge in [0.05, 0.1) is 6.04 Å². The minimum absolute atomic E-state index is 0.0288. The van der Waals surface area contributed by atoms with Crippen molar-refractivity contribution in [2.24, 2.45) is 17.4 Å². The maximum Gasteiger partial charge on any atom is 0.242 e. The fourth-order valence-corrected chi connectivity index (χ4v) is 5.02. The van der Waals surface area contributed by atoms with Crippen LogP contribution in [0.3, 0.4) is 0 Å². The smallest absolute Gasteiger partial charge is 0.242 e. The van der Waals surface area contributed by atoms with Crippen molar-refractivity contribution in [3.63, 3.8) is 0 Å². The molecule has 6 nitrogen and oxygen atoms in total. The van der Waals surface area contributed by atoms with E-state index in [2.05, 4.69) is 12.2 Å². The number of rotatable bonds is 7. The molecule has 0 aromatic heterocycles. The molecule has 0 radical (unpaired) electrons. The number of nitrogens with zero attached hydrogens (tertiary/aromatic N) is 1. The largest absolute Gasteiger partial charge is 0.354 e. The molecule has 0 bridgehead atoms. The summed E-state index contributed by atoms with van der Waals surface area (Å²) in [4.78, 5) is 27.3. The first kappa shape index (κ1) is 21.5. The van der Waals surface area contributed by atoms with E-state index in [0.29, 0.717) is 25.0 Å². The van der Waals surface area contributed by atoms with Crippen LogP contribution < -0.4 is 16.8 Å². The van der Waals surface area contributed by atoms with Gasteiger partial charge in [-0.3, -0.25) is 9.59 Å². The van der Waals surface area contributed by atoms with E-state index < -0.39 is 6.04 Å². The predicted octanol–water partition coefficient (Wildman–Crippen LogP) is 1.47. The van der Waals surface area contributed by atoms with Gasteiger partial charge < -0.3 is 21.7 Å². The van der Waals surface area contributed by atoms with Gasteiger partial charge in [-0.15, -0.1) is 0 Å². The minimum Gasteiger partial charge on any atom is -0.354 e. The van der Waals surface area contributed by atoms with Gasteiger partial charge in [0.1, 0.15) is 6.04 Å². The summed E-state index contributed by atoms with van der Waals surface area (Å²) in [6, 6.07) is -0.654. The summed E-state index contributed by atoms with van der Waals surface area (Å²) in [6.07, 6.45) is 5.79. The summed E-state index contributed by atoms with van der Waals surface area (Å²) in [7, 11) is 0. The molecule has 1 aliphatic heterocycles. The van der Waals surface area contributed by atoms with Crippen LogP contribution in [0.5, 0.6) is 0 Å². The highest BCUT2D eigenvalue weighted by Gasteiger charge is 2.41. The summed E-state index contributed by atoms with van der Waals surface area (Å²) in [6.45, 7) is 7.38. The maximum atomic E-state index is 12.9. The van der Waals surface area contributed by atoms with Gasteiger partial charge in [0.15, 0.2) is 0 Å². The number of likely N-dealkylation sites (tertiary alicyclic amines) is 1. The lowest BCUT2D eigenvalue weighted by Gasteiger charge is -2.34.